The standard InChI is InChI=1S/C18H20FNO2/c1-20(13-15-5-10-17(22-2)11-6-15)18(21)12-7-14-3-8-16(19)9-4-14/h3-6,8-11H,7,12-13H2,1-2H3. The van der Waals surface area contributed by atoms with Crippen LogP contribution in [-0.2, 0) is 17.8 Å². The summed E-state index contributed by atoms with van der Waals surface area (Å²) in [5, 5.41) is 0. The van der Waals surface area contributed by atoms with Gasteiger partial charge < -0.3 is 9.64 Å². The molecule has 0 aromatic heterocycles. The van der Waals surface area contributed by atoms with E-state index in [0.29, 0.717) is 19.4 Å². The lowest BCUT2D eigenvalue weighted by Gasteiger charge is -2.17. The van der Waals surface area contributed by atoms with Crippen molar-refractivity contribution < 1.29 is 13.9 Å². The number of methoxy groups -OCH3 is 1. The molecule has 0 aliphatic heterocycles. The van der Waals surface area contributed by atoms with Crippen molar-refractivity contribution in [3.05, 3.63) is 65.5 Å². The summed E-state index contributed by atoms with van der Waals surface area (Å²) in [7, 11) is 3.41. The van der Waals surface area contributed by atoms with E-state index in [1.807, 2.05) is 24.3 Å². The maximum absolute atomic E-state index is 12.8. The molecule has 2 rings (SSSR count). The minimum atomic E-state index is -0.258. The lowest BCUT2D eigenvalue weighted by atomic mass is 10.1. The zero-order valence-electron chi connectivity index (χ0n) is 12.9. The minimum Gasteiger partial charge on any atom is -0.497 e. The molecule has 4 heteroatoms. The van der Waals surface area contributed by atoms with E-state index >= 15 is 0 Å². The van der Waals surface area contributed by atoms with E-state index in [4.69, 9.17) is 4.74 Å². The average molecular weight is 301 g/mol. The topological polar surface area (TPSA) is 29.5 Å². The van der Waals surface area contributed by atoms with Gasteiger partial charge in [0.2, 0.25) is 5.91 Å². The number of benzene rings is 2. The Morgan fingerprint density at radius 3 is 2.23 bits per heavy atom. The predicted molar refractivity (Wildman–Crippen MR) is 84.2 cm³/mol. The molecule has 0 N–H and O–H groups in total. The van der Waals surface area contributed by atoms with E-state index < -0.39 is 0 Å². The first-order valence-corrected chi connectivity index (χ1v) is 7.20. The van der Waals surface area contributed by atoms with E-state index in [1.54, 1.807) is 31.2 Å². The van der Waals surface area contributed by atoms with Gasteiger partial charge in [-0.25, -0.2) is 4.39 Å². The second kappa shape index (κ2) is 7.59. The summed E-state index contributed by atoms with van der Waals surface area (Å²) < 4.78 is 17.9. The summed E-state index contributed by atoms with van der Waals surface area (Å²) in [5.74, 6) is 0.612. The quantitative estimate of drug-likeness (QED) is 0.818. The van der Waals surface area contributed by atoms with Gasteiger partial charge >= 0.3 is 0 Å². The van der Waals surface area contributed by atoms with Gasteiger partial charge in [0.1, 0.15) is 11.6 Å². The van der Waals surface area contributed by atoms with Gasteiger partial charge in [-0.1, -0.05) is 24.3 Å². The zero-order chi connectivity index (χ0) is 15.9. The second-order valence-electron chi connectivity index (χ2n) is 5.22. The fraction of sp³-hybridized carbons (Fsp3) is 0.278. The summed E-state index contributed by atoms with van der Waals surface area (Å²) in [5.41, 5.74) is 2.02. The number of nitrogens with zero attached hydrogens (tertiary/aromatic N) is 1. The van der Waals surface area contributed by atoms with Crippen molar-refractivity contribution in [3.8, 4) is 5.75 Å². The Balaban J connectivity index is 1.84. The first-order valence-electron chi connectivity index (χ1n) is 7.20. The van der Waals surface area contributed by atoms with Crippen LogP contribution in [0.4, 0.5) is 4.39 Å². The number of hydrogen-bond donors (Lipinski definition) is 0. The lowest BCUT2D eigenvalue weighted by Crippen LogP contribution is -2.26. The number of carbonyl (C=O) groups is 1. The zero-order valence-corrected chi connectivity index (χ0v) is 12.9. The Bertz CT molecular complexity index is 608. The maximum Gasteiger partial charge on any atom is 0.222 e. The third-order valence-electron chi connectivity index (χ3n) is 3.55. The van der Waals surface area contributed by atoms with Crippen LogP contribution in [0.3, 0.4) is 0 Å². The first-order chi connectivity index (χ1) is 10.6. The number of hydrogen-bond acceptors (Lipinski definition) is 2. The first kappa shape index (κ1) is 16.0. The molecule has 0 aliphatic carbocycles. The highest BCUT2D eigenvalue weighted by atomic mass is 19.1. The normalized spacial score (nSPS) is 10.3. The van der Waals surface area contributed by atoms with E-state index in [1.165, 1.54) is 12.1 Å². The van der Waals surface area contributed by atoms with Crippen molar-refractivity contribution in [1.29, 1.82) is 0 Å². The molecule has 0 heterocycles. The minimum absolute atomic E-state index is 0.0696. The SMILES string of the molecule is COc1ccc(CN(C)C(=O)CCc2ccc(F)cc2)cc1. The van der Waals surface area contributed by atoms with Crippen LogP contribution >= 0.6 is 0 Å². The molecule has 2 aromatic rings. The number of carbonyl (C=O) groups excluding carboxylic acids is 1. The number of aryl methyl sites for hydroxylation is 1. The van der Waals surface area contributed by atoms with Gasteiger partial charge in [-0.2, -0.15) is 0 Å². The van der Waals surface area contributed by atoms with E-state index in [0.717, 1.165) is 16.9 Å². The molecule has 22 heavy (non-hydrogen) atoms. The Morgan fingerprint density at radius 1 is 1.05 bits per heavy atom. The number of halogens is 1. The summed E-state index contributed by atoms with van der Waals surface area (Å²) >= 11 is 0. The van der Waals surface area contributed by atoms with Gasteiger partial charge in [0.15, 0.2) is 0 Å². The van der Waals surface area contributed by atoms with E-state index in [-0.39, 0.29) is 11.7 Å². The second-order valence-corrected chi connectivity index (χ2v) is 5.22. The molecule has 3 nitrogen and oxygen atoms in total. The highest BCUT2D eigenvalue weighted by Crippen LogP contribution is 2.13. The molecular formula is C18H20FNO2. The van der Waals surface area contributed by atoms with Crippen molar-refractivity contribution in [1.82, 2.24) is 4.90 Å². The summed E-state index contributed by atoms with van der Waals surface area (Å²) in [6.07, 6.45) is 1.03. The van der Waals surface area contributed by atoms with Crippen LogP contribution in [0, 0.1) is 5.82 Å². The van der Waals surface area contributed by atoms with E-state index in [2.05, 4.69) is 0 Å². The van der Waals surface area contributed by atoms with Crippen LogP contribution in [0.1, 0.15) is 17.5 Å². The average Bonchev–Trinajstić information content (AvgIpc) is 2.54. The number of rotatable bonds is 6. The van der Waals surface area contributed by atoms with Crippen molar-refractivity contribution in [2.75, 3.05) is 14.2 Å². The fourth-order valence-corrected chi connectivity index (χ4v) is 2.19. The smallest absolute Gasteiger partial charge is 0.222 e. The monoisotopic (exact) mass is 301 g/mol. The summed E-state index contributed by atoms with van der Waals surface area (Å²) in [6.45, 7) is 0.562. The fourth-order valence-electron chi connectivity index (χ4n) is 2.19. The van der Waals surface area contributed by atoms with Crippen LogP contribution in [0.25, 0.3) is 0 Å². The van der Waals surface area contributed by atoms with Crippen LogP contribution in [-0.4, -0.2) is 25.0 Å². The van der Waals surface area contributed by atoms with Gasteiger partial charge in [-0.3, -0.25) is 4.79 Å². The van der Waals surface area contributed by atoms with Gasteiger partial charge in [-0.05, 0) is 41.8 Å². The van der Waals surface area contributed by atoms with Crippen molar-refractivity contribution in [2.24, 2.45) is 0 Å². The lowest BCUT2D eigenvalue weighted by molar-refractivity contribution is -0.130. The Labute approximate surface area is 130 Å². The predicted octanol–water partition coefficient (Wildman–Crippen LogP) is 3.43. The van der Waals surface area contributed by atoms with Crippen molar-refractivity contribution in [3.63, 3.8) is 0 Å². The highest BCUT2D eigenvalue weighted by Gasteiger charge is 2.09. The Hall–Kier alpha value is -2.36. The molecule has 0 aliphatic rings. The summed E-state index contributed by atoms with van der Waals surface area (Å²) in [4.78, 5) is 13.8. The molecule has 0 radical (unpaired) electrons. The molecule has 0 atom stereocenters. The van der Waals surface area contributed by atoms with Crippen molar-refractivity contribution in [2.45, 2.75) is 19.4 Å². The molecule has 0 unspecified atom stereocenters. The molecule has 0 spiro atoms. The number of ether oxygens (including phenoxy) is 1. The number of amides is 1. The van der Waals surface area contributed by atoms with Crippen molar-refractivity contribution >= 4 is 5.91 Å². The molecule has 0 saturated carbocycles. The molecule has 0 bridgehead atoms. The van der Waals surface area contributed by atoms with Crippen LogP contribution in [0.15, 0.2) is 48.5 Å². The molecule has 0 fully saturated rings. The maximum atomic E-state index is 12.8. The van der Waals surface area contributed by atoms with Gasteiger partial charge in [0.05, 0.1) is 7.11 Å². The molecule has 0 saturated heterocycles. The Kier molecular flexibility index (Phi) is 5.53. The third-order valence-corrected chi connectivity index (χ3v) is 3.55. The molecule has 2 aromatic carbocycles. The summed E-state index contributed by atoms with van der Waals surface area (Å²) in [6, 6.07) is 13.9. The molecule has 1 amide bonds. The molecule has 116 valence electrons. The highest BCUT2D eigenvalue weighted by molar-refractivity contribution is 5.76. The Morgan fingerprint density at radius 2 is 1.64 bits per heavy atom. The van der Waals surface area contributed by atoms with Crippen LogP contribution in [0.5, 0.6) is 5.75 Å². The largest absolute Gasteiger partial charge is 0.497 e. The van der Waals surface area contributed by atoms with Crippen LogP contribution < -0.4 is 4.74 Å². The van der Waals surface area contributed by atoms with Gasteiger partial charge in [-0.15, -0.1) is 0 Å². The van der Waals surface area contributed by atoms with Gasteiger partial charge in [0.25, 0.3) is 0 Å². The van der Waals surface area contributed by atoms with Gasteiger partial charge in [0, 0.05) is 20.0 Å². The van der Waals surface area contributed by atoms with E-state index in [9.17, 15) is 9.18 Å². The third kappa shape index (κ3) is 4.58. The molecular weight excluding hydrogens is 281 g/mol. The van der Waals surface area contributed by atoms with Crippen LogP contribution in [0.2, 0.25) is 0 Å².